The number of nitrogens with one attached hydrogen (secondary N) is 3. The third-order valence-corrected chi connectivity index (χ3v) is 7.72. The van der Waals surface area contributed by atoms with Crippen LogP contribution in [0.25, 0.3) is 10.9 Å². The van der Waals surface area contributed by atoms with Crippen molar-refractivity contribution in [3.8, 4) is 0 Å². The molecular formula is C23H25ClN6O3S. The average Bonchev–Trinajstić information content (AvgIpc) is 3.43. The maximum atomic E-state index is 13.0. The zero-order valence-electron chi connectivity index (χ0n) is 18.6. The number of carbonyl (C=O) groups is 2. The SMILES string of the molecule is CN1CCc2nc(C(=O)NC3C/C(=N/O)CCC3NC(=O)c3cc4cc(Cl)ccc4[nH]3)sc2C1. The summed E-state index contributed by atoms with van der Waals surface area (Å²) in [6.45, 7) is 1.71. The zero-order valence-corrected chi connectivity index (χ0v) is 20.2. The zero-order chi connectivity index (χ0) is 23.8. The van der Waals surface area contributed by atoms with Crippen molar-refractivity contribution >= 4 is 51.4 Å². The highest BCUT2D eigenvalue weighted by Crippen LogP contribution is 2.26. The van der Waals surface area contributed by atoms with Gasteiger partial charge < -0.3 is 25.7 Å². The van der Waals surface area contributed by atoms with Crippen molar-refractivity contribution in [3.05, 3.63) is 50.6 Å². The lowest BCUT2D eigenvalue weighted by molar-refractivity contribution is 0.0874. The summed E-state index contributed by atoms with van der Waals surface area (Å²) < 4.78 is 0. The average molecular weight is 501 g/mol. The fourth-order valence-electron chi connectivity index (χ4n) is 4.56. The molecule has 1 saturated carbocycles. The van der Waals surface area contributed by atoms with Crippen LogP contribution in [0.15, 0.2) is 29.4 Å². The fourth-order valence-corrected chi connectivity index (χ4v) is 5.83. The number of likely N-dealkylation sites (N-methyl/N-ethyl adjacent to an activating group) is 1. The Morgan fingerprint density at radius 3 is 2.88 bits per heavy atom. The van der Waals surface area contributed by atoms with Gasteiger partial charge in [-0.25, -0.2) is 4.98 Å². The van der Waals surface area contributed by atoms with E-state index in [1.165, 1.54) is 11.3 Å². The summed E-state index contributed by atoms with van der Waals surface area (Å²) >= 11 is 7.47. The Morgan fingerprint density at radius 2 is 2.06 bits per heavy atom. The molecule has 2 amide bonds. The van der Waals surface area contributed by atoms with E-state index in [4.69, 9.17) is 11.6 Å². The number of hydrogen-bond acceptors (Lipinski definition) is 7. The number of H-pyrrole nitrogens is 1. The molecule has 5 rings (SSSR count). The molecule has 2 atom stereocenters. The minimum absolute atomic E-state index is 0.270. The van der Waals surface area contributed by atoms with Crippen LogP contribution in [0.3, 0.4) is 0 Å². The summed E-state index contributed by atoms with van der Waals surface area (Å²) in [7, 11) is 2.05. The largest absolute Gasteiger partial charge is 0.411 e. The maximum absolute atomic E-state index is 13.0. The predicted molar refractivity (Wildman–Crippen MR) is 131 cm³/mol. The molecule has 4 N–H and O–H groups in total. The topological polar surface area (TPSA) is 123 Å². The van der Waals surface area contributed by atoms with Crippen LogP contribution in [0, 0.1) is 0 Å². The lowest BCUT2D eigenvalue weighted by atomic mass is 9.88. The highest BCUT2D eigenvalue weighted by molar-refractivity contribution is 7.13. The molecule has 0 bridgehead atoms. The van der Waals surface area contributed by atoms with Crippen molar-refractivity contribution in [2.75, 3.05) is 13.6 Å². The minimum Gasteiger partial charge on any atom is -0.411 e. The molecule has 2 aromatic heterocycles. The Morgan fingerprint density at radius 1 is 1.24 bits per heavy atom. The number of benzene rings is 1. The standard InChI is InChI=1S/C23H25ClN6O3S/c1-30-7-6-17-20(11-30)34-23(28-17)22(32)27-18-10-14(29-33)3-5-16(18)26-21(31)19-9-12-8-13(24)2-4-15(12)25-19/h2,4,8-9,16,18,25,33H,3,5-7,10-11H2,1H3,(H,26,31)(H,27,32)/b29-14+. The van der Waals surface area contributed by atoms with E-state index in [0.29, 0.717) is 40.7 Å². The van der Waals surface area contributed by atoms with Crippen molar-refractivity contribution < 1.29 is 14.8 Å². The van der Waals surface area contributed by atoms with Crippen LogP contribution in [-0.4, -0.2) is 63.3 Å². The van der Waals surface area contributed by atoms with Crippen molar-refractivity contribution in [2.24, 2.45) is 5.16 Å². The summed E-state index contributed by atoms with van der Waals surface area (Å²) in [5.74, 6) is -0.542. The van der Waals surface area contributed by atoms with Crippen LogP contribution in [-0.2, 0) is 13.0 Å². The lowest BCUT2D eigenvalue weighted by Crippen LogP contribution is -2.54. The molecule has 11 heteroatoms. The van der Waals surface area contributed by atoms with Gasteiger partial charge in [0.2, 0.25) is 0 Å². The van der Waals surface area contributed by atoms with Crippen LogP contribution >= 0.6 is 22.9 Å². The molecule has 0 saturated heterocycles. The number of aromatic nitrogens is 2. The molecule has 0 spiro atoms. The van der Waals surface area contributed by atoms with Gasteiger partial charge >= 0.3 is 0 Å². The van der Waals surface area contributed by atoms with Crippen LogP contribution in [0.2, 0.25) is 5.02 Å². The molecular weight excluding hydrogens is 476 g/mol. The number of hydrogen-bond donors (Lipinski definition) is 4. The lowest BCUT2D eigenvalue weighted by Gasteiger charge is -2.32. The van der Waals surface area contributed by atoms with E-state index in [1.54, 1.807) is 18.2 Å². The molecule has 178 valence electrons. The number of nitrogens with zero attached hydrogens (tertiary/aromatic N) is 3. The number of oxime groups is 1. The Hall–Kier alpha value is -2.95. The van der Waals surface area contributed by atoms with Gasteiger partial charge in [0.25, 0.3) is 11.8 Å². The molecule has 3 heterocycles. The smallest absolute Gasteiger partial charge is 0.280 e. The number of carbonyl (C=O) groups excluding carboxylic acids is 2. The van der Waals surface area contributed by atoms with E-state index in [0.717, 1.165) is 41.0 Å². The Bertz CT molecular complexity index is 1280. The van der Waals surface area contributed by atoms with Crippen LogP contribution in [0.4, 0.5) is 0 Å². The number of halogens is 1. The first-order valence-electron chi connectivity index (χ1n) is 11.2. The third-order valence-electron chi connectivity index (χ3n) is 6.40. The van der Waals surface area contributed by atoms with E-state index < -0.39 is 6.04 Å². The van der Waals surface area contributed by atoms with Crippen molar-refractivity contribution in [1.82, 2.24) is 25.5 Å². The van der Waals surface area contributed by atoms with Crippen molar-refractivity contribution in [3.63, 3.8) is 0 Å². The number of rotatable bonds is 4. The number of fused-ring (bicyclic) bond motifs is 2. The van der Waals surface area contributed by atoms with E-state index in [1.807, 2.05) is 6.07 Å². The first-order valence-corrected chi connectivity index (χ1v) is 12.4. The second-order valence-electron chi connectivity index (χ2n) is 8.86. The summed E-state index contributed by atoms with van der Waals surface area (Å²) in [5.41, 5.74) is 2.81. The van der Waals surface area contributed by atoms with Gasteiger partial charge in [0.15, 0.2) is 5.01 Å². The molecule has 9 nitrogen and oxygen atoms in total. The molecule has 0 radical (unpaired) electrons. The van der Waals surface area contributed by atoms with Gasteiger partial charge in [-0.1, -0.05) is 16.8 Å². The first-order chi connectivity index (χ1) is 16.4. The van der Waals surface area contributed by atoms with E-state index in [-0.39, 0.29) is 17.9 Å². The molecule has 2 unspecified atom stereocenters. The number of aromatic amines is 1. The van der Waals surface area contributed by atoms with Gasteiger partial charge in [-0.3, -0.25) is 9.59 Å². The first kappa shape index (κ1) is 22.8. The third kappa shape index (κ3) is 4.66. The second-order valence-corrected chi connectivity index (χ2v) is 10.4. The number of thiazole rings is 1. The van der Waals surface area contributed by atoms with Gasteiger partial charge in [0, 0.05) is 46.7 Å². The molecule has 1 aromatic carbocycles. The molecule has 34 heavy (non-hydrogen) atoms. The normalized spacial score (nSPS) is 22.0. The summed E-state index contributed by atoms with van der Waals surface area (Å²) in [5, 5.41) is 20.6. The Labute approximate surface area is 205 Å². The summed E-state index contributed by atoms with van der Waals surface area (Å²) in [6.07, 6.45) is 2.26. The maximum Gasteiger partial charge on any atom is 0.280 e. The van der Waals surface area contributed by atoms with Crippen LogP contribution < -0.4 is 10.6 Å². The van der Waals surface area contributed by atoms with Crippen LogP contribution in [0.1, 0.15) is 50.1 Å². The van der Waals surface area contributed by atoms with Crippen LogP contribution in [0.5, 0.6) is 0 Å². The monoisotopic (exact) mass is 500 g/mol. The Balaban J connectivity index is 1.31. The summed E-state index contributed by atoms with van der Waals surface area (Å²) in [4.78, 5) is 37.0. The highest BCUT2D eigenvalue weighted by Gasteiger charge is 2.33. The van der Waals surface area contributed by atoms with Crippen molar-refractivity contribution in [1.29, 1.82) is 0 Å². The molecule has 1 aliphatic heterocycles. The van der Waals surface area contributed by atoms with E-state index >= 15 is 0 Å². The van der Waals surface area contributed by atoms with Gasteiger partial charge in [0.1, 0.15) is 5.69 Å². The van der Waals surface area contributed by atoms with Crippen molar-refractivity contribution in [2.45, 2.75) is 44.3 Å². The van der Waals surface area contributed by atoms with Gasteiger partial charge in [0.05, 0.1) is 23.5 Å². The molecule has 1 fully saturated rings. The van der Waals surface area contributed by atoms with Gasteiger partial charge in [-0.2, -0.15) is 0 Å². The van der Waals surface area contributed by atoms with E-state index in [9.17, 15) is 14.8 Å². The highest BCUT2D eigenvalue weighted by atomic mass is 35.5. The summed E-state index contributed by atoms with van der Waals surface area (Å²) in [6, 6.07) is 6.40. The Kier molecular flexibility index (Phi) is 6.28. The fraction of sp³-hybridized carbons (Fsp3) is 0.391. The van der Waals surface area contributed by atoms with Gasteiger partial charge in [-0.15, -0.1) is 11.3 Å². The molecule has 3 aromatic rings. The van der Waals surface area contributed by atoms with E-state index in [2.05, 4.69) is 37.7 Å². The quantitative estimate of drug-likeness (QED) is 0.323. The second kappa shape index (κ2) is 9.36. The molecule has 2 aliphatic rings. The number of amides is 2. The predicted octanol–water partition coefficient (Wildman–Crippen LogP) is 3.18. The molecule has 1 aliphatic carbocycles. The van der Waals surface area contributed by atoms with Gasteiger partial charge in [-0.05, 0) is 44.2 Å². The minimum atomic E-state index is -0.418.